The Balaban J connectivity index is 2.18. The van der Waals surface area contributed by atoms with Gasteiger partial charge in [-0.25, -0.2) is 4.98 Å². The lowest BCUT2D eigenvalue weighted by Crippen LogP contribution is -2.19. The number of rotatable bonds is 3. The van der Waals surface area contributed by atoms with Gasteiger partial charge in [0.15, 0.2) is 5.69 Å². The van der Waals surface area contributed by atoms with Gasteiger partial charge >= 0.3 is 6.18 Å². The zero-order valence-electron chi connectivity index (χ0n) is 12.4. The van der Waals surface area contributed by atoms with Crippen LogP contribution in [0.3, 0.4) is 0 Å². The Morgan fingerprint density at radius 2 is 1.71 bits per heavy atom. The second-order valence-electron chi connectivity index (χ2n) is 4.68. The first-order valence-corrected chi connectivity index (χ1v) is 7.35. The van der Waals surface area contributed by atoms with Crippen LogP contribution in [-0.2, 0) is 6.18 Å². The van der Waals surface area contributed by atoms with Crippen LogP contribution in [0.4, 0.5) is 13.2 Å². The van der Waals surface area contributed by atoms with Crippen LogP contribution in [0.15, 0.2) is 29.1 Å². The molecule has 0 aliphatic rings. The molecule has 0 saturated carbocycles. The molecule has 0 unspecified atom stereocenters. The van der Waals surface area contributed by atoms with Crippen LogP contribution in [-0.4, -0.2) is 28.8 Å². The molecule has 0 spiro atoms. The van der Waals surface area contributed by atoms with Crippen LogP contribution in [0.1, 0.15) is 5.69 Å². The van der Waals surface area contributed by atoms with Gasteiger partial charge in [0.1, 0.15) is 16.5 Å². The van der Waals surface area contributed by atoms with Gasteiger partial charge in [-0.3, -0.25) is 4.79 Å². The van der Waals surface area contributed by atoms with E-state index < -0.39 is 17.4 Å². The molecule has 0 bridgehead atoms. The zero-order valence-corrected chi connectivity index (χ0v) is 13.2. The fourth-order valence-electron chi connectivity index (χ4n) is 2.00. The Kier molecular flexibility index (Phi) is 3.91. The highest BCUT2D eigenvalue weighted by atomic mass is 32.1. The molecule has 0 fully saturated rings. The third-order valence-corrected chi connectivity index (χ3v) is 4.09. The zero-order chi connectivity index (χ0) is 17.5. The fourth-order valence-corrected chi connectivity index (χ4v) is 2.90. The number of halogens is 3. The smallest absolute Gasteiger partial charge is 0.433 e. The summed E-state index contributed by atoms with van der Waals surface area (Å²) in [7, 11) is 2.94. The van der Waals surface area contributed by atoms with Crippen molar-refractivity contribution >= 4 is 16.3 Å². The third-order valence-electron chi connectivity index (χ3n) is 3.13. The highest BCUT2D eigenvalue weighted by Gasteiger charge is 2.34. The highest BCUT2D eigenvalue weighted by Crippen LogP contribution is 2.33. The van der Waals surface area contributed by atoms with Gasteiger partial charge in [-0.05, 0) is 12.1 Å². The van der Waals surface area contributed by atoms with Crippen molar-refractivity contribution in [3.05, 3.63) is 40.3 Å². The number of nitrogens with zero attached hydrogens (tertiary/aromatic N) is 3. The van der Waals surface area contributed by atoms with Crippen molar-refractivity contribution in [2.45, 2.75) is 6.18 Å². The maximum absolute atomic E-state index is 12.8. The van der Waals surface area contributed by atoms with Gasteiger partial charge in [-0.2, -0.15) is 22.8 Å². The SMILES string of the molecule is COc1cc(OC)cc(-c2nn3c(=O)cc(C(F)(F)F)nc3s2)c1. The Morgan fingerprint density at radius 1 is 1.08 bits per heavy atom. The van der Waals surface area contributed by atoms with E-state index in [2.05, 4.69) is 10.1 Å². The summed E-state index contributed by atoms with van der Waals surface area (Å²) in [5.41, 5.74) is -1.61. The number of hydrogen-bond donors (Lipinski definition) is 0. The Bertz CT molecular complexity index is 943. The van der Waals surface area contributed by atoms with Crippen molar-refractivity contribution in [2.75, 3.05) is 14.2 Å². The van der Waals surface area contributed by atoms with Gasteiger partial charge in [0.05, 0.1) is 14.2 Å². The first-order valence-electron chi connectivity index (χ1n) is 6.53. The molecule has 0 aliphatic carbocycles. The van der Waals surface area contributed by atoms with Crippen molar-refractivity contribution in [1.82, 2.24) is 14.6 Å². The molecule has 24 heavy (non-hydrogen) atoms. The first-order chi connectivity index (χ1) is 11.3. The van der Waals surface area contributed by atoms with Crippen molar-refractivity contribution in [3.63, 3.8) is 0 Å². The van der Waals surface area contributed by atoms with Gasteiger partial charge in [0, 0.05) is 17.7 Å². The number of hydrogen-bond acceptors (Lipinski definition) is 6. The lowest BCUT2D eigenvalue weighted by molar-refractivity contribution is -0.141. The number of benzene rings is 1. The minimum absolute atomic E-state index is 0.147. The molecule has 1 aromatic carbocycles. The maximum Gasteiger partial charge on any atom is 0.433 e. The summed E-state index contributed by atoms with van der Waals surface area (Å²) in [6.45, 7) is 0. The maximum atomic E-state index is 12.8. The summed E-state index contributed by atoms with van der Waals surface area (Å²) in [6.07, 6.45) is -4.70. The molecule has 3 rings (SSSR count). The number of alkyl halides is 3. The van der Waals surface area contributed by atoms with E-state index in [-0.39, 0.29) is 4.96 Å². The number of fused-ring (bicyclic) bond motifs is 1. The van der Waals surface area contributed by atoms with E-state index in [9.17, 15) is 18.0 Å². The molecule has 6 nitrogen and oxygen atoms in total. The van der Waals surface area contributed by atoms with E-state index in [1.807, 2.05) is 0 Å². The summed E-state index contributed by atoms with van der Waals surface area (Å²) in [5.74, 6) is 0.972. The van der Waals surface area contributed by atoms with Crippen molar-refractivity contribution in [2.24, 2.45) is 0 Å². The van der Waals surface area contributed by atoms with Gasteiger partial charge in [-0.1, -0.05) is 11.3 Å². The largest absolute Gasteiger partial charge is 0.497 e. The molecule has 0 saturated heterocycles. The quantitative estimate of drug-likeness (QED) is 0.721. The Hall–Kier alpha value is -2.62. The minimum atomic E-state index is -4.70. The molecule has 0 atom stereocenters. The van der Waals surface area contributed by atoms with Crippen LogP contribution in [0, 0.1) is 0 Å². The average Bonchev–Trinajstić information content (AvgIpc) is 2.98. The van der Waals surface area contributed by atoms with E-state index in [1.165, 1.54) is 14.2 Å². The highest BCUT2D eigenvalue weighted by molar-refractivity contribution is 7.19. The molecule has 0 N–H and O–H groups in total. The second kappa shape index (κ2) is 5.78. The van der Waals surface area contributed by atoms with Gasteiger partial charge in [-0.15, -0.1) is 0 Å². The Morgan fingerprint density at radius 3 is 2.25 bits per heavy atom. The molecule has 126 valence electrons. The second-order valence-corrected chi connectivity index (χ2v) is 5.64. The van der Waals surface area contributed by atoms with Crippen LogP contribution in [0.25, 0.3) is 15.5 Å². The average molecular weight is 357 g/mol. The molecular weight excluding hydrogens is 347 g/mol. The van der Waals surface area contributed by atoms with Crippen molar-refractivity contribution < 1.29 is 22.6 Å². The molecule has 3 aromatic rings. The Labute approximate surface area is 137 Å². The lowest BCUT2D eigenvalue weighted by Gasteiger charge is -2.06. The van der Waals surface area contributed by atoms with E-state index in [1.54, 1.807) is 18.2 Å². The molecule has 0 amide bonds. The molecule has 0 radical (unpaired) electrons. The summed E-state index contributed by atoms with van der Waals surface area (Å²) in [4.78, 5) is 15.2. The summed E-state index contributed by atoms with van der Waals surface area (Å²) >= 11 is 0.863. The van der Waals surface area contributed by atoms with E-state index in [0.29, 0.717) is 28.1 Å². The van der Waals surface area contributed by atoms with Crippen molar-refractivity contribution in [3.8, 4) is 22.1 Å². The van der Waals surface area contributed by atoms with E-state index in [0.717, 1.165) is 15.9 Å². The molecule has 0 aliphatic heterocycles. The normalized spacial score (nSPS) is 11.7. The first kappa shape index (κ1) is 16.2. The summed E-state index contributed by atoms with van der Waals surface area (Å²) < 4.78 is 49.4. The lowest BCUT2D eigenvalue weighted by atomic mass is 10.2. The topological polar surface area (TPSA) is 65.7 Å². The van der Waals surface area contributed by atoms with Crippen LogP contribution < -0.4 is 15.0 Å². The molecule has 10 heteroatoms. The monoisotopic (exact) mass is 357 g/mol. The fraction of sp³-hybridized carbons (Fsp3) is 0.214. The number of ether oxygens (including phenoxy) is 2. The number of aromatic nitrogens is 3. The van der Waals surface area contributed by atoms with Crippen LogP contribution in [0.2, 0.25) is 0 Å². The number of methoxy groups -OCH3 is 2. The van der Waals surface area contributed by atoms with Crippen molar-refractivity contribution in [1.29, 1.82) is 0 Å². The minimum Gasteiger partial charge on any atom is -0.497 e. The molecule has 2 heterocycles. The third kappa shape index (κ3) is 2.92. The predicted octanol–water partition coefficient (Wildman–Crippen LogP) is 2.85. The molecular formula is C14H10F3N3O3S. The van der Waals surface area contributed by atoms with Gasteiger partial charge in [0.2, 0.25) is 4.96 Å². The van der Waals surface area contributed by atoms with E-state index in [4.69, 9.17) is 9.47 Å². The summed E-state index contributed by atoms with van der Waals surface area (Å²) in [5, 5.41) is 4.35. The van der Waals surface area contributed by atoms with E-state index >= 15 is 0 Å². The predicted molar refractivity (Wildman–Crippen MR) is 80.7 cm³/mol. The summed E-state index contributed by atoms with van der Waals surface area (Å²) in [6, 6.07) is 5.33. The van der Waals surface area contributed by atoms with Gasteiger partial charge < -0.3 is 9.47 Å². The van der Waals surface area contributed by atoms with Crippen LogP contribution >= 0.6 is 11.3 Å². The van der Waals surface area contributed by atoms with Crippen LogP contribution in [0.5, 0.6) is 11.5 Å². The van der Waals surface area contributed by atoms with Gasteiger partial charge in [0.25, 0.3) is 5.56 Å². The molecule has 2 aromatic heterocycles. The standard InChI is InChI=1S/C14H10F3N3O3S/c1-22-8-3-7(4-9(5-8)23-2)12-19-20-11(21)6-10(14(15,16)17)18-13(20)24-12/h3-6H,1-2H3.